The van der Waals surface area contributed by atoms with Gasteiger partial charge in [0.25, 0.3) is 0 Å². The molecule has 63 heavy (non-hydrogen) atoms. The predicted molar refractivity (Wildman–Crippen MR) is 273 cm³/mol. The Bertz CT molecular complexity index is 1020. The van der Waals surface area contributed by atoms with E-state index >= 15 is 0 Å². The summed E-state index contributed by atoms with van der Waals surface area (Å²) in [5.74, 6) is -0.120. The molecule has 0 aliphatic carbocycles. The topological polar surface area (TPSA) is 95.9 Å². The first-order chi connectivity index (χ1) is 31.0. The van der Waals surface area contributed by atoms with Crippen LogP contribution in [0.5, 0.6) is 0 Å². The van der Waals surface area contributed by atoms with Crippen LogP contribution < -0.4 is 5.32 Å². The summed E-state index contributed by atoms with van der Waals surface area (Å²) in [4.78, 5) is 24.5. The molecule has 0 aromatic heterocycles. The van der Waals surface area contributed by atoms with Gasteiger partial charge in [0, 0.05) is 12.8 Å². The smallest absolute Gasteiger partial charge is 0.305 e. The molecule has 6 nitrogen and oxygen atoms in total. The summed E-state index contributed by atoms with van der Waals surface area (Å²) in [5.41, 5.74) is 0. The van der Waals surface area contributed by atoms with Crippen molar-refractivity contribution in [2.45, 2.75) is 302 Å². The van der Waals surface area contributed by atoms with Gasteiger partial charge in [0.2, 0.25) is 5.91 Å². The van der Waals surface area contributed by atoms with Gasteiger partial charge < -0.3 is 20.3 Å². The Morgan fingerprint density at radius 1 is 0.429 bits per heavy atom. The van der Waals surface area contributed by atoms with Crippen LogP contribution in [0.2, 0.25) is 0 Å². The SMILES string of the molecule is CCCCCC/C=C\CCCCCCCC(=O)OCCCCCCCC/C=C\CCCCCC(=O)NC(CO)C(O)/C=C/CCCCCCCCCCCCCCCCCCCC. The number of carbonyl (C=O) groups is 2. The number of unbranched alkanes of at least 4 members (excludes halogenated alkanes) is 36. The van der Waals surface area contributed by atoms with Crippen LogP contribution >= 0.6 is 0 Å². The highest BCUT2D eigenvalue weighted by Gasteiger charge is 2.18. The molecule has 6 heteroatoms. The van der Waals surface area contributed by atoms with Gasteiger partial charge in [0.1, 0.15) is 0 Å². The molecule has 0 heterocycles. The summed E-state index contributed by atoms with van der Waals surface area (Å²) in [6.07, 6.45) is 64.4. The van der Waals surface area contributed by atoms with E-state index in [1.807, 2.05) is 6.08 Å². The van der Waals surface area contributed by atoms with Gasteiger partial charge in [-0.05, 0) is 83.5 Å². The molecule has 0 bridgehead atoms. The van der Waals surface area contributed by atoms with Gasteiger partial charge in [-0.25, -0.2) is 0 Å². The molecule has 0 rings (SSSR count). The number of nitrogens with one attached hydrogen (secondary N) is 1. The highest BCUT2D eigenvalue weighted by molar-refractivity contribution is 5.76. The van der Waals surface area contributed by atoms with Crippen molar-refractivity contribution in [2.24, 2.45) is 0 Å². The summed E-state index contributed by atoms with van der Waals surface area (Å²) in [5, 5.41) is 23.1. The van der Waals surface area contributed by atoms with Crippen LogP contribution in [0.25, 0.3) is 0 Å². The number of hydrogen-bond donors (Lipinski definition) is 3. The Morgan fingerprint density at radius 3 is 1.16 bits per heavy atom. The Kier molecular flexibility index (Phi) is 51.1. The van der Waals surface area contributed by atoms with Gasteiger partial charge in [0.15, 0.2) is 0 Å². The Labute approximate surface area is 392 Å². The fraction of sp³-hybridized carbons (Fsp3) is 0.860. The summed E-state index contributed by atoms with van der Waals surface area (Å²) >= 11 is 0. The van der Waals surface area contributed by atoms with E-state index in [2.05, 4.69) is 43.5 Å². The molecule has 0 radical (unpaired) electrons. The minimum atomic E-state index is -0.863. The molecule has 0 fully saturated rings. The summed E-state index contributed by atoms with van der Waals surface area (Å²) in [6, 6.07) is -0.649. The average Bonchev–Trinajstić information content (AvgIpc) is 3.28. The molecule has 0 saturated heterocycles. The van der Waals surface area contributed by atoms with Crippen molar-refractivity contribution in [3.63, 3.8) is 0 Å². The van der Waals surface area contributed by atoms with Crippen molar-refractivity contribution in [3.8, 4) is 0 Å². The first-order valence-corrected chi connectivity index (χ1v) is 27.8. The molecule has 2 unspecified atom stereocenters. The zero-order valence-corrected chi connectivity index (χ0v) is 42.1. The van der Waals surface area contributed by atoms with E-state index in [1.165, 1.54) is 193 Å². The maximum absolute atomic E-state index is 12.5. The Balaban J connectivity index is 3.54. The number of ether oxygens (including phenoxy) is 1. The number of aliphatic hydroxyl groups is 2. The van der Waals surface area contributed by atoms with E-state index in [9.17, 15) is 19.8 Å². The average molecular weight is 886 g/mol. The maximum Gasteiger partial charge on any atom is 0.305 e. The normalized spacial score (nSPS) is 12.9. The zero-order valence-electron chi connectivity index (χ0n) is 42.1. The first-order valence-electron chi connectivity index (χ1n) is 27.8. The second kappa shape index (κ2) is 52.7. The fourth-order valence-corrected chi connectivity index (χ4v) is 8.33. The predicted octanol–water partition coefficient (Wildman–Crippen LogP) is 16.9. The van der Waals surface area contributed by atoms with Crippen LogP contribution in [0.1, 0.15) is 290 Å². The number of allylic oxidation sites excluding steroid dienone is 5. The molecule has 0 aliphatic heterocycles. The molecular formula is C57H107NO5. The van der Waals surface area contributed by atoms with Crippen LogP contribution in [0.3, 0.4) is 0 Å². The maximum atomic E-state index is 12.5. The third kappa shape index (κ3) is 49.4. The molecule has 3 N–H and O–H groups in total. The van der Waals surface area contributed by atoms with Crippen LogP contribution in [0.4, 0.5) is 0 Å². The number of carbonyl (C=O) groups excluding carboxylic acids is 2. The molecule has 0 aliphatic rings. The Hall–Kier alpha value is -1.92. The van der Waals surface area contributed by atoms with Gasteiger partial charge in [-0.3, -0.25) is 9.59 Å². The van der Waals surface area contributed by atoms with Crippen molar-refractivity contribution in [3.05, 3.63) is 36.5 Å². The van der Waals surface area contributed by atoms with Crippen molar-refractivity contribution < 1.29 is 24.5 Å². The molecule has 0 saturated carbocycles. The first kappa shape index (κ1) is 61.1. The molecule has 0 spiro atoms. The number of aliphatic hydroxyl groups excluding tert-OH is 2. The molecule has 0 aromatic carbocycles. The van der Waals surface area contributed by atoms with Crippen molar-refractivity contribution in [1.82, 2.24) is 5.32 Å². The zero-order chi connectivity index (χ0) is 45.8. The van der Waals surface area contributed by atoms with Gasteiger partial charge in [-0.15, -0.1) is 0 Å². The lowest BCUT2D eigenvalue weighted by atomic mass is 10.0. The fourth-order valence-electron chi connectivity index (χ4n) is 8.33. The van der Waals surface area contributed by atoms with Gasteiger partial charge in [-0.1, -0.05) is 230 Å². The summed E-state index contributed by atoms with van der Waals surface area (Å²) in [6.45, 7) is 4.85. The standard InChI is InChI=1S/C57H107NO5/c1-3-5-7-9-11-13-15-17-18-19-20-21-22-23-26-29-33-37-41-45-49-55(60)54(53-59)58-56(61)50-46-42-38-34-30-27-24-28-32-36-40-44-48-52-63-57(62)51-47-43-39-35-31-25-16-14-12-10-8-6-4-2/h14,16,27,30,45,49,54-55,59-60H,3-13,15,17-26,28-29,31-44,46-48,50-53H2,1-2H3,(H,58,61)/b16-14-,30-27-,49-45+. The van der Waals surface area contributed by atoms with Gasteiger partial charge in [-0.2, -0.15) is 0 Å². The highest BCUT2D eigenvalue weighted by Crippen LogP contribution is 2.16. The van der Waals surface area contributed by atoms with E-state index in [0.717, 1.165) is 70.6 Å². The van der Waals surface area contributed by atoms with Crippen molar-refractivity contribution in [2.75, 3.05) is 13.2 Å². The van der Waals surface area contributed by atoms with Gasteiger partial charge in [0.05, 0.1) is 25.4 Å². The third-order valence-corrected chi connectivity index (χ3v) is 12.6. The Morgan fingerprint density at radius 2 is 0.746 bits per heavy atom. The van der Waals surface area contributed by atoms with E-state index in [0.29, 0.717) is 19.4 Å². The van der Waals surface area contributed by atoms with Gasteiger partial charge >= 0.3 is 5.97 Å². The number of esters is 1. The number of hydrogen-bond acceptors (Lipinski definition) is 5. The van der Waals surface area contributed by atoms with Crippen LogP contribution in [-0.4, -0.2) is 47.4 Å². The summed E-state index contributed by atoms with van der Waals surface area (Å²) in [7, 11) is 0. The quantitative estimate of drug-likeness (QED) is 0.0321. The van der Waals surface area contributed by atoms with E-state index < -0.39 is 12.1 Å². The van der Waals surface area contributed by atoms with Crippen molar-refractivity contribution >= 4 is 11.9 Å². The van der Waals surface area contributed by atoms with E-state index in [-0.39, 0.29) is 18.5 Å². The lowest BCUT2D eigenvalue weighted by Crippen LogP contribution is -2.45. The van der Waals surface area contributed by atoms with Crippen LogP contribution in [0.15, 0.2) is 36.5 Å². The summed E-state index contributed by atoms with van der Waals surface area (Å²) < 4.78 is 5.45. The van der Waals surface area contributed by atoms with E-state index in [4.69, 9.17) is 4.74 Å². The van der Waals surface area contributed by atoms with E-state index in [1.54, 1.807) is 6.08 Å². The molecule has 0 aromatic rings. The molecule has 1 amide bonds. The minimum Gasteiger partial charge on any atom is -0.466 e. The largest absolute Gasteiger partial charge is 0.466 e. The third-order valence-electron chi connectivity index (χ3n) is 12.6. The second-order valence-corrected chi connectivity index (χ2v) is 18.9. The van der Waals surface area contributed by atoms with Crippen LogP contribution in [0, 0.1) is 0 Å². The number of rotatable bonds is 51. The molecular weight excluding hydrogens is 779 g/mol. The highest BCUT2D eigenvalue weighted by atomic mass is 16.5. The lowest BCUT2D eigenvalue weighted by molar-refractivity contribution is -0.143. The van der Waals surface area contributed by atoms with Crippen molar-refractivity contribution in [1.29, 1.82) is 0 Å². The molecule has 2 atom stereocenters. The minimum absolute atomic E-state index is 0.0234. The monoisotopic (exact) mass is 886 g/mol. The lowest BCUT2D eigenvalue weighted by Gasteiger charge is -2.19. The van der Waals surface area contributed by atoms with Crippen LogP contribution in [-0.2, 0) is 14.3 Å². The number of amides is 1. The second-order valence-electron chi connectivity index (χ2n) is 18.9. The molecule has 370 valence electrons.